The average molecular weight is 233 g/mol. The molecule has 6 heteroatoms. The summed E-state index contributed by atoms with van der Waals surface area (Å²) in [7, 11) is 0.900. The summed E-state index contributed by atoms with van der Waals surface area (Å²) in [4.78, 5) is 0. The van der Waals surface area contributed by atoms with E-state index in [1.54, 1.807) is 13.0 Å². The Morgan fingerprint density at radius 2 is 2.07 bits per heavy atom. The number of furan rings is 1. The van der Waals surface area contributed by atoms with Crippen molar-refractivity contribution in [2.45, 2.75) is 18.1 Å². The van der Waals surface area contributed by atoms with Gasteiger partial charge in [0.05, 0.1) is 12.4 Å². The van der Waals surface area contributed by atoms with Crippen LogP contribution in [0.2, 0.25) is 0 Å². The fraction of sp³-hybridized carbons (Fsp3) is 0.556. The summed E-state index contributed by atoms with van der Waals surface area (Å²) in [5.74, 6) is 0. The molecule has 0 aliphatic rings. The number of sulfonamides is 1. The van der Waals surface area contributed by atoms with Gasteiger partial charge in [-0.15, -0.1) is 0 Å². The number of rotatable bonds is 4. The van der Waals surface area contributed by atoms with Crippen molar-refractivity contribution in [2.75, 3.05) is 21.2 Å². The first-order valence-electron chi connectivity index (χ1n) is 4.44. The SMILES string of the molecule is COC(C)c1ccoc1S(=O)(=O)N(C)C. The van der Waals surface area contributed by atoms with Gasteiger partial charge in [0.15, 0.2) is 0 Å². The minimum Gasteiger partial charge on any atom is -0.451 e. The second kappa shape index (κ2) is 4.34. The van der Waals surface area contributed by atoms with Crippen molar-refractivity contribution in [3.05, 3.63) is 17.9 Å². The predicted octanol–water partition coefficient (Wildman–Crippen LogP) is 1.24. The molecule has 0 aromatic carbocycles. The molecule has 1 heterocycles. The average Bonchev–Trinajstić information content (AvgIpc) is 2.65. The molecule has 1 aromatic rings. The zero-order valence-corrected chi connectivity index (χ0v) is 10.0. The minimum atomic E-state index is -3.53. The van der Waals surface area contributed by atoms with Crippen LogP contribution in [0.15, 0.2) is 21.8 Å². The van der Waals surface area contributed by atoms with Crippen LogP contribution >= 0.6 is 0 Å². The van der Waals surface area contributed by atoms with Gasteiger partial charge >= 0.3 is 0 Å². The molecular formula is C9H15NO4S. The first kappa shape index (κ1) is 12.2. The lowest BCUT2D eigenvalue weighted by Gasteiger charge is -2.13. The summed E-state index contributed by atoms with van der Waals surface area (Å²) < 4.78 is 34.8. The highest BCUT2D eigenvalue weighted by atomic mass is 32.2. The van der Waals surface area contributed by atoms with Crippen LogP contribution in [0.1, 0.15) is 18.6 Å². The van der Waals surface area contributed by atoms with Gasteiger partial charge in [-0.3, -0.25) is 0 Å². The van der Waals surface area contributed by atoms with E-state index < -0.39 is 10.0 Å². The molecule has 5 nitrogen and oxygen atoms in total. The number of methoxy groups -OCH3 is 1. The van der Waals surface area contributed by atoms with E-state index in [4.69, 9.17) is 9.15 Å². The minimum absolute atomic E-state index is 0.0538. The van der Waals surface area contributed by atoms with Crippen molar-refractivity contribution in [1.82, 2.24) is 4.31 Å². The van der Waals surface area contributed by atoms with Crippen LogP contribution in [0.3, 0.4) is 0 Å². The maximum absolute atomic E-state index is 11.8. The van der Waals surface area contributed by atoms with Crippen molar-refractivity contribution in [3.8, 4) is 0 Å². The molecule has 0 radical (unpaired) electrons. The van der Waals surface area contributed by atoms with Crippen molar-refractivity contribution < 1.29 is 17.6 Å². The van der Waals surface area contributed by atoms with Gasteiger partial charge in [-0.1, -0.05) is 0 Å². The lowest BCUT2D eigenvalue weighted by Crippen LogP contribution is -2.23. The lowest BCUT2D eigenvalue weighted by molar-refractivity contribution is 0.115. The van der Waals surface area contributed by atoms with Crippen LogP contribution in [0.5, 0.6) is 0 Å². The third-order valence-electron chi connectivity index (χ3n) is 2.16. The zero-order valence-electron chi connectivity index (χ0n) is 9.22. The first-order valence-corrected chi connectivity index (χ1v) is 5.88. The van der Waals surface area contributed by atoms with Gasteiger partial charge < -0.3 is 9.15 Å². The van der Waals surface area contributed by atoms with Crippen LogP contribution < -0.4 is 0 Å². The van der Waals surface area contributed by atoms with Gasteiger partial charge in [-0.2, -0.15) is 0 Å². The molecule has 1 unspecified atom stereocenters. The second-order valence-corrected chi connectivity index (χ2v) is 5.38. The number of nitrogens with zero attached hydrogens (tertiary/aromatic N) is 1. The maximum atomic E-state index is 11.8. The van der Waals surface area contributed by atoms with Crippen molar-refractivity contribution >= 4 is 10.0 Å². The van der Waals surface area contributed by atoms with Crippen LogP contribution in [0, 0.1) is 0 Å². The van der Waals surface area contributed by atoms with E-state index in [1.807, 2.05) is 0 Å². The third kappa shape index (κ3) is 2.22. The Hall–Kier alpha value is -0.850. The Balaban J connectivity index is 3.22. The standard InChI is InChI=1S/C9H15NO4S/c1-7(13-4)8-5-6-14-9(8)15(11,12)10(2)3/h5-7H,1-4H3. The van der Waals surface area contributed by atoms with Gasteiger partial charge in [0.25, 0.3) is 10.0 Å². The Morgan fingerprint density at radius 3 is 2.53 bits per heavy atom. The normalized spacial score (nSPS) is 14.5. The predicted molar refractivity (Wildman–Crippen MR) is 55.0 cm³/mol. The van der Waals surface area contributed by atoms with Crippen LogP contribution in [-0.2, 0) is 14.8 Å². The number of ether oxygens (including phenoxy) is 1. The largest absolute Gasteiger partial charge is 0.451 e. The van der Waals surface area contributed by atoms with E-state index in [0.717, 1.165) is 4.31 Å². The molecule has 1 aromatic heterocycles. The zero-order chi connectivity index (χ0) is 11.6. The molecular weight excluding hydrogens is 218 g/mol. The Morgan fingerprint density at radius 1 is 1.47 bits per heavy atom. The molecule has 0 saturated heterocycles. The maximum Gasteiger partial charge on any atom is 0.276 e. The molecule has 0 bridgehead atoms. The summed E-state index contributed by atoms with van der Waals surface area (Å²) in [5, 5.41) is -0.0538. The molecule has 0 N–H and O–H groups in total. The van der Waals surface area contributed by atoms with Crippen molar-refractivity contribution in [3.63, 3.8) is 0 Å². The highest BCUT2D eigenvalue weighted by molar-refractivity contribution is 7.89. The quantitative estimate of drug-likeness (QED) is 0.785. The topological polar surface area (TPSA) is 59.8 Å². The Bertz CT molecular complexity index is 421. The fourth-order valence-corrected chi connectivity index (χ4v) is 2.15. The number of hydrogen-bond donors (Lipinski definition) is 0. The third-order valence-corrected chi connectivity index (χ3v) is 3.93. The molecule has 0 aliphatic heterocycles. The Kier molecular flexibility index (Phi) is 3.54. The van der Waals surface area contributed by atoms with E-state index in [2.05, 4.69) is 0 Å². The molecule has 0 saturated carbocycles. The lowest BCUT2D eigenvalue weighted by atomic mass is 10.2. The van der Waals surface area contributed by atoms with Gasteiger partial charge in [-0.25, -0.2) is 12.7 Å². The van der Waals surface area contributed by atoms with Crippen molar-refractivity contribution in [1.29, 1.82) is 0 Å². The molecule has 1 atom stereocenters. The molecule has 0 spiro atoms. The van der Waals surface area contributed by atoms with Crippen LogP contribution in [0.4, 0.5) is 0 Å². The van der Waals surface area contributed by atoms with Gasteiger partial charge in [0.2, 0.25) is 5.09 Å². The molecule has 15 heavy (non-hydrogen) atoms. The molecule has 86 valence electrons. The van der Waals surface area contributed by atoms with Gasteiger partial charge in [0, 0.05) is 26.8 Å². The summed E-state index contributed by atoms with van der Waals surface area (Å²) in [5.41, 5.74) is 0.534. The smallest absolute Gasteiger partial charge is 0.276 e. The molecule has 1 rings (SSSR count). The van der Waals surface area contributed by atoms with Crippen molar-refractivity contribution in [2.24, 2.45) is 0 Å². The summed E-state index contributed by atoms with van der Waals surface area (Å²) in [6.45, 7) is 1.76. The number of hydrogen-bond acceptors (Lipinski definition) is 4. The van der Waals surface area contributed by atoms with Gasteiger partial charge in [-0.05, 0) is 13.0 Å². The molecule has 0 fully saturated rings. The Labute approximate surface area is 89.7 Å². The first-order chi connectivity index (χ1) is 6.91. The summed E-state index contributed by atoms with van der Waals surface area (Å²) in [6.07, 6.45) is 1.04. The molecule has 0 aliphatic carbocycles. The monoisotopic (exact) mass is 233 g/mol. The summed E-state index contributed by atoms with van der Waals surface area (Å²) in [6, 6.07) is 1.60. The van der Waals surface area contributed by atoms with Crippen LogP contribution in [-0.4, -0.2) is 33.9 Å². The second-order valence-electron chi connectivity index (χ2n) is 3.33. The summed E-state index contributed by atoms with van der Waals surface area (Å²) >= 11 is 0. The highest BCUT2D eigenvalue weighted by Crippen LogP contribution is 2.26. The fourth-order valence-electron chi connectivity index (χ4n) is 1.11. The van der Waals surface area contributed by atoms with E-state index in [-0.39, 0.29) is 11.2 Å². The molecule has 0 amide bonds. The van der Waals surface area contributed by atoms with E-state index in [0.29, 0.717) is 5.56 Å². The van der Waals surface area contributed by atoms with Gasteiger partial charge in [0.1, 0.15) is 0 Å². The van der Waals surface area contributed by atoms with E-state index in [1.165, 1.54) is 27.5 Å². The van der Waals surface area contributed by atoms with E-state index in [9.17, 15) is 8.42 Å². The van der Waals surface area contributed by atoms with Crippen LogP contribution in [0.25, 0.3) is 0 Å². The highest BCUT2D eigenvalue weighted by Gasteiger charge is 2.27. The van der Waals surface area contributed by atoms with E-state index >= 15 is 0 Å².